The summed E-state index contributed by atoms with van der Waals surface area (Å²) >= 11 is 0. The van der Waals surface area contributed by atoms with Crippen molar-refractivity contribution in [2.75, 3.05) is 6.61 Å². The molecule has 0 radical (unpaired) electrons. The number of aromatic nitrogens is 4. The van der Waals surface area contributed by atoms with Gasteiger partial charge in [0.15, 0.2) is 6.61 Å². The van der Waals surface area contributed by atoms with Crippen molar-refractivity contribution in [3.63, 3.8) is 0 Å². The first-order chi connectivity index (χ1) is 11.2. The fourth-order valence-electron chi connectivity index (χ4n) is 2.90. The van der Waals surface area contributed by atoms with Gasteiger partial charge in [0.25, 0.3) is 5.91 Å². The van der Waals surface area contributed by atoms with Crippen molar-refractivity contribution in [1.29, 1.82) is 0 Å². The molecule has 0 aliphatic heterocycles. The van der Waals surface area contributed by atoms with Crippen molar-refractivity contribution in [3.05, 3.63) is 30.6 Å². The minimum Gasteiger partial charge on any atom is -0.484 e. The van der Waals surface area contributed by atoms with Crippen molar-refractivity contribution < 1.29 is 9.53 Å². The molecule has 1 aliphatic carbocycles. The van der Waals surface area contributed by atoms with E-state index in [0.717, 1.165) is 12.1 Å². The number of carbonyl (C=O) groups is 1. The second-order valence-corrected chi connectivity index (χ2v) is 5.97. The summed E-state index contributed by atoms with van der Waals surface area (Å²) in [7, 11) is 0. The molecule has 1 saturated carbocycles. The number of hydrogen-bond donors (Lipinski definition) is 1. The molecule has 2 atom stereocenters. The van der Waals surface area contributed by atoms with Crippen LogP contribution in [0.4, 0.5) is 0 Å². The lowest BCUT2D eigenvalue weighted by Gasteiger charge is -2.29. The van der Waals surface area contributed by atoms with Crippen molar-refractivity contribution in [3.8, 4) is 11.4 Å². The number of rotatable bonds is 5. The maximum absolute atomic E-state index is 12.0. The standard InChI is InChI=1S/C16H21N5O2/c1-12-4-2-3-5-15(12)18-16(22)10-23-14-8-6-13(7-9-14)21-11-17-19-20-21/h6-9,11-12,15H,2-5,10H2,1H3,(H,18,22)/t12-,15-/m1/s1. The summed E-state index contributed by atoms with van der Waals surface area (Å²) in [5.74, 6) is 1.13. The van der Waals surface area contributed by atoms with E-state index in [9.17, 15) is 4.79 Å². The van der Waals surface area contributed by atoms with Gasteiger partial charge in [0.05, 0.1) is 5.69 Å². The summed E-state index contributed by atoms with van der Waals surface area (Å²) in [4.78, 5) is 12.0. The number of amides is 1. The summed E-state index contributed by atoms with van der Waals surface area (Å²) < 4.78 is 7.10. The number of nitrogens with one attached hydrogen (secondary N) is 1. The Bertz CT molecular complexity index is 626. The minimum atomic E-state index is -0.0618. The minimum absolute atomic E-state index is 0.0352. The van der Waals surface area contributed by atoms with Crippen LogP contribution in [-0.4, -0.2) is 38.8 Å². The van der Waals surface area contributed by atoms with E-state index in [2.05, 4.69) is 27.8 Å². The number of tetrazole rings is 1. The van der Waals surface area contributed by atoms with Crippen LogP contribution in [0.3, 0.4) is 0 Å². The van der Waals surface area contributed by atoms with Crippen molar-refractivity contribution >= 4 is 5.91 Å². The average Bonchev–Trinajstić information content (AvgIpc) is 3.10. The number of ether oxygens (including phenoxy) is 1. The molecule has 1 N–H and O–H groups in total. The van der Waals surface area contributed by atoms with E-state index in [1.807, 2.05) is 12.1 Å². The van der Waals surface area contributed by atoms with E-state index in [0.29, 0.717) is 11.7 Å². The van der Waals surface area contributed by atoms with Crippen LogP contribution >= 0.6 is 0 Å². The highest BCUT2D eigenvalue weighted by Gasteiger charge is 2.22. The molecular weight excluding hydrogens is 294 g/mol. The summed E-state index contributed by atoms with van der Waals surface area (Å²) in [6.45, 7) is 2.23. The summed E-state index contributed by atoms with van der Waals surface area (Å²) in [5.41, 5.74) is 0.836. The Hall–Kier alpha value is -2.44. The van der Waals surface area contributed by atoms with Crippen LogP contribution < -0.4 is 10.1 Å². The first-order valence-corrected chi connectivity index (χ1v) is 7.98. The van der Waals surface area contributed by atoms with Crippen LogP contribution in [0.5, 0.6) is 5.75 Å². The highest BCUT2D eigenvalue weighted by atomic mass is 16.5. The molecule has 1 fully saturated rings. The molecule has 3 rings (SSSR count). The topological polar surface area (TPSA) is 81.9 Å². The van der Waals surface area contributed by atoms with Gasteiger partial charge in [-0.1, -0.05) is 19.8 Å². The summed E-state index contributed by atoms with van der Waals surface area (Å²) in [5, 5.41) is 14.1. The first kappa shape index (κ1) is 15.5. The molecule has 23 heavy (non-hydrogen) atoms. The van der Waals surface area contributed by atoms with Crippen LogP contribution in [-0.2, 0) is 4.79 Å². The molecule has 0 spiro atoms. The van der Waals surface area contributed by atoms with E-state index in [4.69, 9.17) is 4.74 Å². The molecule has 122 valence electrons. The van der Waals surface area contributed by atoms with E-state index >= 15 is 0 Å². The predicted octanol–water partition coefficient (Wildman–Crippen LogP) is 1.74. The maximum atomic E-state index is 12.0. The average molecular weight is 315 g/mol. The summed E-state index contributed by atoms with van der Waals surface area (Å²) in [6, 6.07) is 7.56. The molecule has 1 heterocycles. The molecule has 0 bridgehead atoms. The van der Waals surface area contributed by atoms with Gasteiger partial charge in [0, 0.05) is 6.04 Å². The van der Waals surface area contributed by atoms with Crippen LogP contribution in [0.2, 0.25) is 0 Å². The second kappa shape index (κ2) is 7.21. The Morgan fingerprint density at radius 2 is 2.09 bits per heavy atom. The normalized spacial score (nSPS) is 20.9. The molecule has 7 nitrogen and oxygen atoms in total. The van der Waals surface area contributed by atoms with Gasteiger partial charge in [-0.15, -0.1) is 5.10 Å². The zero-order valence-electron chi connectivity index (χ0n) is 13.2. The summed E-state index contributed by atoms with van der Waals surface area (Å²) in [6.07, 6.45) is 6.22. The molecular formula is C16H21N5O2. The number of hydrogen-bond acceptors (Lipinski definition) is 5. The van der Waals surface area contributed by atoms with Gasteiger partial charge >= 0.3 is 0 Å². The molecule has 7 heteroatoms. The largest absolute Gasteiger partial charge is 0.484 e. The van der Waals surface area contributed by atoms with Gasteiger partial charge in [0.1, 0.15) is 12.1 Å². The fraction of sp³-hybridized carbons (Fsp3) is 0.500. The van der Waals surface area contributed by atoms with Crippen molar-refractivity contribution in [2.24, 2.45) is 5.92 Å². The van der Waals surface area contributed by atoms with Gasteiger partial charge < -0.3 is 10.1 Å². The van der Waals surface area contributed by atoms with Gasteiger partial charge in [-0.2, -0.15) is 0 Å². The van der Waals surface area contributed by atoms with Crippen LogP contribution in [0, 0.1) is 5.92 Å². The fourth-order valence-corrected chi connectivity index (χ4v) is 2.90. The van der Waals surface area contributed by atoms with E-state index in [1.54, 1.807) is 16.8 Å². The first-order valence-electron chi connectivity index (χ1n) is 7.98. The Kier molecular flexibility index (Phi) is 4.85. The Labute approximate surface area is 135 Å². The van der Waals surface area contributed by atoms with Crippen molar-refractivity contribution in [2.45, 2.75) is 38.6 Å². The Morgan fingerprint density at radius 3 is 2.78 bits per heavy atom. The van der Waals surface area contributed by atoms with E-state index in [1.165, 1.54) is 25.6 Å². The van der Waals surface area contributed by atoms with Gasteiger partial charge in [0.2, 0.25) is 0 Å². The van der Waals surface area contributed by atoms with Crippen molar-refractivity contribution in [1.82, 2.24) is 25.5 Å². The maximum Gasteiger partial charge on any atom is 0.258 e. The predicted molar refractivity (Wildman–Crippen MR) is 84.2 cm³/mol. The molecule has 0 saturated heterocycles. The number of carbonyl (C=O) groups excluding carboxylic acids is 1. The molecule has 2 aromatic rings. The molecule has 1 amide bonds. The van der Waals surface area contributed by atoms with Gasteiger partial charge in [-0.25, -0.2) is 4.68 Å². The molecule has 1 aromatic heterocycles. The lowest BCUT2D eigenvalue weighted by Crippen LogP contribution is -2.43. The lowest BCUT2D eigenvalue weighted by atomic mass is 9.86. The molecule has 1 aromatic carbocycles. The zero-order valence-corrected chi connectivity index (χ0v) is 13.2. The molecule has 1 aliphatic rings. The lowest BCUT2D eigenvalue weighted by molar-refractivity contribution is -0.124. The highest BCUT2D eigenvalue weighted by Crippen LogP contribution is 2.23. The van der Waals surface area contributed by atoms with Gasteiger partial charge in [-0.3, -0.25) is 4.79 Å². The highest BCUT2D eigenvalue weighted by molar-refractivity contribution is 5.77. The monoisotopic (exact) mass is 315 g/mol. The third kappa shape index (κ3) is 4.06. The number of nitrogens with zero attached hydrogens (tertiary/aromatic N) is 4. The molecule has 0 unspecified atom stereocenters. The smallest absolute Gasteiger partial charge is 0.258 e. The van der Waals surface area contributed by atoms with Gasteiger partial charge in [-0.05, 0) is 53.5 Å². The third-order valence-corrected chi connectivity index (χ3v) is 4.28. The third-order valence-electron chi connectivity index (χ3n) is 4.28. The van der Waals surface area contributed by atoms with E-state index < -0.39 is 0 Å². The Balaban J connectivity index is 1.49. The van der Waals surface area contributed by atoms with E-state index in [-0.39, 0.29) is 18.6 Å². The van der Waals surface area contributed by atoms with Crippen LogP contribution in [0.1, 0.15) is 32.6 Å². The quantitative estimate of drug-likeness (QED) is 0.909. The van der Waals surface area contributed by atoms with Crippen LogP contribution in [0.15, 0.2) is 30.6 Å². The zero-order chi connectivity index (χ0) is 16.1. The SMILES string of the molecule is C[C@@H]1CCCC[C@H]1NC(=O)COc1ccc(-n2cnnn2)cc1. The van der Waals surface area contributed by atoms with Crippen LogP contribution in [0.25, 0.3) is 5.69 Å². The second-order valence-electron chi connectivity index (χ2n) is 5.97. The Morgan fingerprint density at radius 1 is 1.30 bits per heavy atom. The number of benzene rings is 1.